The van der Waals surface area contributed by atoms with Crippen LogP contribution < -0.4 is 0 Å². The number of para-hydroxylation sites is 2. The quantitative estimate of drug-likeness (QED) is 0.185. The standard InChI is InChI=1S/C29H21N3O2S2/c1-19(20-10-4-2-5-11-20)32-28(33)26(36-29(32)35)17-22-18-31(23-13-6-3-7-14-23)30-27(22)25-16-21-12-8-9-15-24(21)34-25/h2-19H,1H3/b26-17-. The van der Waals surface area contributed by atoms with Crippen molar-refractivity contribution in [1.82, 2.24) is 14.7 Å². The maximum atomic E-state index is 13.5. The number of fused-ring (bicyclic) bond motifs is 1. The molecule has 6 rings (SSSR count). The third kappa shape index (κ3) is 4.06. The summed E-state index contributed by atoms with van der Waals surface area (Å²) in [6, 6.07) is 29.5. The lowest BCUT2D eigenvalue weighted by atomic mass is 10.1. The van der Waals surface area contributed by atoms with E-state index in [1.807, 2.05) is 115 Å². The summed E-state index contributed by atoms with van der Waals surface area (Å²) in [6.45, 7) is 2.00. The molecule has 1 fully saturated rings. The lowest BCUT2D eigenvalue weighted by molar-refractivity contribution is -0.123. The Bertz CT molecular complexity index is 1590. The largest absolute Gasteiger partial charge is 0.454 e. The SMILES string of the molecule is CC(c1ccccc1)N1C(=O)/C(=C/c2cn(-c3ccccc3)nc2-c2cc3ccccc3o2)SC1=S. The van der Waals surface area contributed by atoms with Gasteiger partial charge in [0.05, 0.1) is 16.6 Å². The van der Waals surface area contributed by atoms with E-state index in [0.29, 0.717) is 20.7 Å². The van der Waals surface area contributed by atoms with Crippen LogP contribution in [0.1, 0.15) is 24.1 Å². The molecule has 1 atom stereocenters. The molecule has 3 heterocycles. The predicted molar refractivity (Wildman–Crippen MR) is 149 cm³/mol. The zero-order valence-electron chi connectivity index (χ0n) is 19.4. The van der Waals surface area contributed by atoms with Crippen molar-refractivity contribution in [3.63, 3.8) is 0 Å². The summed E-state index contributed by atoms with van der Waals surface area (Å²) >= 11 is 6.94. The van der Waals surface area contributed by atoms with E-state index in [1.165, 1.54) is 11.8 Å². The summed E-state index contributed by atoms with van der Waals surface area (Å²) in [5.74, 6) is 0.537. The average molecular weight is 508 g/mol. The van der Waals surface area contributed by atoms with E-state index in [9.17, 15) is 4.79 Å². The molecule has 0 N–H and O–H groups in total. The van der Waals surface area contributed by atoms with Crippen molar-refractivity contribution in [3.05, 3.63) is 113 Å². The van der Waals surface area contributed by atoms with E-state index in [-0.39, 0.29) is 11.9 Å². The molecular formula is C29H21N3O2S2. The number of thioether (sulfide) groups is 1. The first-order chi connectivity index (χ1) is 17.6. The third-order valence-corrected chi connectivity index (χ3v) is 7.53. The van der Waals surface area contributed by atoms with Crippen molar-refractivity contribution < 1.29 is 9.21 Å². The van der Waals surface area contributed by atoms with E-state index in [2.05, 4.69) is 0 Å². The van der Waals surface area contributed by atoms with Gasteiger partial charge < -0.3 is 4.42 Å². The molecule has 0 saturated carbocycles. The van der Waals surface area contributed by atoms with E-state index < -0.39 is 0 Å². The first-order valence-electron chi connectivity index (χ1n) is 11.5. The number of aromatic nitrogens is 2. The molecular weight excluding hydrogens is 486 g/mol. The van der Waals surface area contributed by atoms with Gasteiger partial charge in [0.2, 0.25) is 0 Å². The van der Waals surface area contributed by atoms with Crippen molar-refractivity contribution in [1.29, 1.82) is 0 Å². The third-order valence-electron chi connectivity index (χ3n) is 6.20. The summed E-state index contributed by atoms with van der Waals surface area (Å²) in [5.41, 5.74) is 4.19. The van der Waals surface area contributed by atoms with Crippen LogP contribution in [-0.4, -0.2) is 24.9 Å². The first-order valence-corrected chi connectivity index (χ1v) is 12.8. The van der Waals surface area contributed by atoms with Crippen LogP contribution in [-0.2, 0) is 4.79 Å². The second-order valence-electron chi connectivity index (χ2n) is 8.50. The summed E-state index contributed by atoms with van der Waals surface area (Å²) < 4.78 is 8.49. The molecule has 7 heteroatoms. The van der Waals surface area contributed by atoms with Crippen LogP contribution in [0.3, 0.4) is 0 Å². The van der Waals surface area contributed by atoms with Crippen molar-refractivity contribution in [2.45, 2.75) is 13.0 Å². The fourth-order valence-electron chi connectivity index (χ4n) is 4.33. The van der Waals surface area contributed by atoms with Gasteiger partial charge in [0, 0.05) is 17.1 Å². The van der Waals surface area contributed by atoms with Crippen LogP contribution in [0, 0.1) is 0 Å². The predicted octanol–water partition coefficient (Wildman–Crippen LogP) is 7.25. The molecule has 1 amide bonds. The molecule has 1 unspecified atom stereocenters. The molecule has 1 aliphatic rings. The van der Waals surface area contributed by atoms with Crippen LogP contribution >= 0.6 is 24.0 Å². The summed E-state index contributed by atoms with van der Waals surface area (Å²) in [5, 5.41) is 5.84. The zero-order valence-corrected chi connectivity index (χ0v) is 21.0. The molecule has 176 valence electrons. The smallest absolute Gasteiger partial charge is 0.266 e. The van der Waals surface area contributed by atoms with Crippen molar-refractivity contribution in [2.75, 3.05) is 0 Å². The Balaban J connectivity index is 1.42. The maximum Gasteiger partial charge on any atom is 0.266 e. The number of rotatable bonds is 5. The second-order valence-corrected chi connectivity index (χ2v) is 10.2. The maximum absolute atomic E-state index is 13.5. The highest BCUT2D eigenvalue weighted by atomic mass is 32.2. The Labute approximate surface area is 218 Å². The van der Waals surface area contributed by atoms with E-state index in [4.69, 9.17) is 21.7 Å². The van der Waals surface area contributed by atoms with E-state index in [0.717, 1.165) is 27.8 Å². The van der Waals surface area contributed by atoms with Crippen LogP contribution in [0.25, 0.3) is 34.2 Å². The molecule has 1 saturated heterocycles. The number of nitrogens with zero attached hydrogens (tertiary/aromatic N) is 3. The minimum absolute atomic E-state index is 0.107. The van der Waals surface area contributed by atoms with Crippen LogP contribution in [0.15, 0.2) is 107 Å². The van der Waals surface area contributed by atoms with Gasteiger partial charge in [-0.2, -0.15) is 5.10 Å². The first kappa shape index (κ1) is 22.5. The normalized spacial score (nSPS) is 15.8. The Morgan fingerprint density at radius 3 is 2.42 bits per heavy atom. The molecule has 0 radical (unpaired) electrons. The number of carbonyl (C=O) groups is 1. The number of hydrogen-bond donors (Lipinski definition) is 0. The summed E-state index contributed by atoms with van der Waals surface area (Å²) in [7, 11) is 0. The Morgan fingerprint density at radius 1 is 0.972 bits per heavy atom. The summed E-state index contributed by atoms with van der Waals surface area (Å²) in [4.78, 5) is 15.7. The molecule has 5 aromatic rings. The Hall–Kier alpha value is -3.94. The molecule has 0 bridgehead atoms. The average Bonchev–Trinajstić information content (AvgIpc) is 3.60. The zero-order chi connectivity index (χ0) is 24.6. The van der Waals surface area contributed by atoms with Crippen molar-refractivity contribution >= 4 is 51.3 Å². The van der Waals surface area contributed by atoms with Gasteiger partial charge in [-0.3, -0.25) is 9.69 Å². The number of amides is 1. The monoisotopic (exact) mass is 507 g/mol. The van der Waals surface area contributed by atoms with Crippen LogP contribution in [0.5, 0.6) is 0 Å². The number of furan rings is 1. The van der Waals surface area contributed by atoms with Gasteiger partial charge in [0.25, 0.3) is 5.91 Å². The lowest BCUT2D eigenvalue weighted by Gasteiger charge is -2.23. The van der Waals surface area contributed by atoms with Crippen molar-refractivity contribution in [3.8, 4) is 17.1 Å². The van der Waals surface area contributed by atoms with Crippen molar-refractivity contribution in [2.24, 2.45) is 0 Å². The molecule has 1 aliphatic heterocycles. The molecule has 36 heavy (non-hydrogen) atoms. The van der Waals surface area contributed by atoms with Gasteiger partial charge in [0.15, 0.2) is 5.76 Å². The topological polar surface area (TPSA) is 51.3 Å². The van der Waals surface area contributed by atoms with Gasteiger partial charge in [-0.1, -0.05) is 90.7 Å². The second kappa shape index (κ2) is 9.26. The number of thiocarbonyl (C=S) groups is 1. The fourth-order valence-corrected chi connectivity index (χ4v) is 5.74. The Kier molecular flexibility index (Phi) is 5.79. The highest BCUT2D eigenvalue weighted by Gasteiger charge is 2.36. The van der Waals surface area contributed by atoms with Gasteiger partial charge in [-0.05, 0) is 42.8 Å². The van der Waals surface area contributed by atoms with Gasteiger partial charge in [0.1, 0.15) is 15.6 Å². The van der Waals surface area contributed by atoms with Crippen LogP contribution in [0.2, 0.25) is 0 Å². The van der Waals surface area contributed by atoms with Gasteiger partial charge >= 0.3 is 0 Å². The molecule has 5 nitrogen and oxygen atoms in total. The number of carbonyl (C=O) groups excluding carboxylic acids is 1. The molecule has 3 aromatic carbocycles. The highest BCUT2D eigenvalue weighted by molar-refractivity contribution is 8.26. The number of hydrogen-bond acceptors (Lipinski definition) is 5. The highest BCUT2D eigenvalue weighted by Crippen LogP contribution is 2.39. The molecule has 2 aromatic heterocycles. The van der Waals surface area contributed by atoms with E-state index in [1.54, 1.807) is 4.90 Å². The lowest BCUT2D eigenvalue weighted by Crippen LogP contribution is -2.30. The minimum Gasteiger partial charge on any atom is -0.454 e. The molecule has 0 spiro atoms. The van der Waals surface area contributed by atoms with Crippen LogP contribution in [0.4, 0.5) is 0 Å². The summed E-state index contributed by atoms with van der Waals surface area (Å²) in [6.07, 6.45) is 3.79. The molecule has 0 aliphatic carbocycles. The Morgan fingerprint density at radius 2 is 1.67 bits per heavy atom. The minimum atomic E-state index is -0.161. The van der Waals surface area contributed by atoms with Gasteiger partial charge in [-0.15, -0.1) is 0 Å². The van der Waals surface area contributed by atoms with Gasteiger partial charge in [-0.25, -0.2) is 4.68 Å². The van der Waals surface area contributed by atoms with E-state index >= 15 is 0 Å². The fraction of sp³-hybridized carbons (Fsp3) is 0.0690. The number of benzene rings is 3.